The van der Waals surface area contributed by atoms with Crippen molar-refractivity contribution in [3.8, 4) is 17.1 Å². The molecule has 1 aromatic heterocycles. The Balaban J connectivity index is 1.60. The first-order valence-corrected chi connectivity index (χ1v) is 8.63. The number of nitrogens with zero attached hydrogens (tertiary/aromatic N) is 2. The van der Waals surface area contributed by atoms with Crippen LogP contribution in [0.5, 0.6) is 5.75 Å². The van der Waals surface area contributed by atoms with Crippen molar-refractivity contribution in [2.75, 3.05) is 6.61 Å². The fourth-order valence-electron chi connectivity index (χ4n) is 2.23. The van der Waals surface area contributed by atoms with E-state index >= 15 is 0 Å². The van der Waals surface area contributed by atoms with Crippen LogP contribution in [0.2, 0.25) is 5.02 Å². The maximum absolute atomic E-state index is 12.3. The first-order chi connectivity index (χ1) is 13.0. The highest BCUT2D eigenvalue weighted by Crippen LogP contribution is 2.19. The third-order valence-corrected chi connectivity index (χ3v) is 3.80. The highest BCUT2D eigenvalue weighted by Gasteiger charge is 2.11. The number of amides is 1. The number of rotatable bonds is 7. The lowest BCUT2D eigenvalue weighted by atomic mass is 10.2. The summed E-state index contributed by atoms with van der Waals surface area (Å²) in [5.74, 6) is 1.09. The van der Waals surface area contributed by atoms with E-state index in [-0.39, 0.29) is 12.5 Å². The minimum absolute atomic E-state index is 0.121. The highest BCUT2D eigenvalue weighted by molar-refractivity contribution is 6.30. The molecule has 0 aliphatic carbocycles. The molecule has 0 aliphatic rings. The smallest absolute Gasteiger partial charge is 0.251 e. The van der Waals surface area contributed by atoms with Gasteiger partial charge in [-0.15, -0.1) is 0 Å². The average Bonchev–Trinajstić information content (AvgIpc) is 3.14. The number of hydrogen-bond donors (Lipinski definition) is 1. The van der Waals surface area contributed by atoms with Gasteiger partial charge in [0.05, 0.1) is 6.54 Å². The van der Waals surface area contributed by atoms with E-state index in [9.17, 15) is 4.79 Å². The summed E-state index contributed by atoms with van der Waals surface area (Å²) in [5.41, 5.74) is 2.16. The van der Waals surface area contributed by atoms with Crippen molar-refractivity contribution in [2.24, 2.45) is 0 Å². The molecule has 0 spiro atoms. The Labute approximate surface area is 161 Å². The minimum Gasteiger partial charge on any atom is -0.489 e. The van der Waals surface area contributed by atoms with Gasteiger partial charge in [-0.25, -0.2) is 0 Å². The van der Waals surface area contributed by atoms with E-state index in [1.165, 1.54) is 0 Å². The second-order valence-corrected chi connectivity index (χ2v) is 6.41. The van der Waals surface area contributed by atoms with Gasteiger partial charge in [-0.2, -0.15) is 4.98 Å². The Kier molecular flexibility index (Phi) is 5.88. The number of benzene rings is 2. The molecule has 3 aromatic rings. The zero-order valence-corrected chi connectivity index (χ0v) is 15.5. The van der Waals surface area contributed by atoms with Crippen LogP contribution in [0.4, 0.5) is 0 Å². The summed E-state index contributed by atoms with van der Waals surface area (Å²) in [6.45, 7) is 6.18. The monoisotopic (exact) mass is 383 g/mol. The van der Waals surface area contributed by atoms with Gasteiger partial charge in [0.25, 0.3) is 5.91 Å². The lowest BCUT2D eigenvalue weighted by Crippen LogP contribution is -2.23. The maximum atomic E-state index is 12.3. The largest absolute Gasteiger partial charge is 0.489 e. The third kappa shape index (κ3) is 5.18. The third-order valence-electron chi connectivity index (χ3n) is 3.55. The molecule has 0 unspecified atom stereocenters. The Bertz CT molecular complexity index is 951. The van der Waals surface area contributed by atoms with Gasteiger partial charge >= 0.3 is 0 Å². The predicted octanol–water partition coefficient (Wildman–Crippen LogP) is 4.27. The molecular formula is C20H18ClN3O3. The maximum Gasteiger partial charge on any atom is 0.251 e. The summed E-state index contributed by atoms with van der Waals surface area (Å²) >= 11 is 5.87. The molecule has 138 valence electrons. The molecule has 3 rings (SSSR count). The molecule has 0 aliphatic heterocycles. The lowest BCUT2D eigenvalue weighted by molar-refractivity contribution is 0.0946. The molecule has 1 N–H and O–H groups in total. The first-order valence-electron chi connectivity index (χ1n) is 8.25. The van der Waals surface area contributed by atoms with Crippen LogP contribution in [-0.4, -0.2) is 22.7 Å². The number of ether oxygens (including phenoxy) is 1. The van der Waals surface area contributed by atoms with Gasteiger partial charge in [-0.1, -0.05) is 29.4 Å². The number of carbonyl (C=O) groups excluding carboxylic acids is 1. The van der Waals surface area contributed by atoms with E-state index in [1.54, 1.807) is 48.5 Å². The average molecular weight is 384 g/mol. The summed E-state index contributed by atoms with van der Waals surface area (Å²) in [6.07, 6.45) is 0. The van der Waals surface area contributed by atoms with E-state index in [4.69, 9.17) is 20.9 Å². The highest BCUT2D eigenvalue weighted by atomic mass is 35.5. The van der Waals surface area contributed by atoms with E-state index < -0.39 is 0 Å². The second-order valence-electron chi connectivity index (χ2n) is 5.97. The van der Waals surface area contributed by atoms with Gasteiger partial charge in [0, 0.05) is 16.1 Å². The minimum atomic E-state index is -0.262. The van der Waals surface area contributed by atoms with Gasteiger partial charge in [0.15, 0.2) is 0 Å². The summed E-state index contributed by atoms with van der Waals surface area (Å²) < 4.78 is 10.7. The van der Waals surface area contributed by atoms with Crippen molar-refractivity contribution < 1.29 is 14.1 Å². The molecule has 1 heterocycles. The van der Waals surface area contributed by atoms with Crippen LogP contribution in [0, 0.1) is 0 Å². The molecule has 1 amide bonds. The normalized spacial score (nSPS) is 10.4. The standard InChI is InChI=1S/C20H18ClN3O3/c1-13(2)12-26-17-5-3-4-15(10-17)20(25)22-11-18-23-19(24-27-18)14-6-8-16(21)9-7-14/h3-10H,1,11-12H2,2H3,(H,22,25). The number of hydrogen-bond acceptors (Lipinski definition) is 5. The van der Waals surface area contributed by atoms with Crippen LogP contribution in [0.3, 0.4) is 0 Å². The molecule has 0 saturated heterocycles. The van der Waals surface area contributed by atoms with Gasteiger partial charge < -0.3 is 14.6 Å². The second kappa shape index (κ2) is 8.51. The van der Waals surface area contributed by atoms with Gasteiger partial charge in [-0.05, 0) is 55.0 Å². The van der Waals surface area contributed by atoms with Crippen LogP contribution in [0.1, 0.15) is 23.2 Å². The first kappa shape index (κ1) is 18.7. The summed E-state index contributed by atoms with van der Waals surface area (Å²) in [6, 6.07) is 14.0. The van der Waals surface area contributed by atoms with Gasteiger partial charge in [-0.3, -0.25) is 4.79 Å². The molecule has 7 heteroatoms. The summed E-state index contributed by atoms with van der Waals surface area (Å²) in [5, 5.41) is 7.29. The van der Waals surface area contributed by atoms with E-state index in [2.05, 4.69) is 22.0 Å². The fourth-order valence-corrected chi connectivity index (χ4v) is 2.36. The number of carbonyl (C=O) groups is 1. The Morgan fingerprint density at radius 3 is 2.78 bits per heavy atom. The predicted molar refractivity (Wildman–Crippen MR) is 103 cm³/mol. The van der Waals surface area contributed by atoms with Crippen LogP contribution >= 0.6 is 11.6 Å². The van der Waals surface area contributed by atoms with E-state index in [0.717, 1.165) is 11.1 Å². The SMILES string of the molecule is C=C(C)COc1cccc(C(=O)NCc2nc(-c3ccc(Cl)cc3)no2)c1. The van der Waals surface area contributed by atoms with Gasteiger partial charge in [0.1, 0.15) is 12.4 Å². The summed E-state index contributed by atoms with van der Waals surface area (Å²) in [7, 11) is 0. The Morgan fingerprint density at radius 2 is 2.04 bits per heavy atom. The van der Waals surface area contributed by atoms with Crippen molar-refractivity contribution in [1.82, 2.24) is 15.5 Å². The van der Waals surface area contributed by atoms with E-state index in [0.29, 0.717) is 34.7 Å². The van der Waals surface area contributed by atoms with Crippen molar-refractivity contribution in [1.29, 1.82) is 0 Å². The van der Waals surface area contributed by atoms with Crippen LogP contribution in [0.15, 0.2) is 65.2 Å². The molecule has 0 saturated carbocycles. The summed E-state index contributed by atoms with van der Waals surface area (Å²) in [4.78, 5) is 16.6. The quantitative estimate of drug-likeness (QED) is 0.616. The lowest BCUT2D eigenvalue weighted by Gasteiger charge is -2.07. The zero-order valence-electron chi connectivity index (χ0n) is 14.7. The topological polar surface area (TPSA) is 77.2 Å². The number of nitrogens with one attached hydrogen (secondary N) is 1. The number of aromatic nitrogens is 2. The van der Waals surface area contributed by atoms with Crippen molar-refractivity contribution in [3.05, 3.63) is 77.2 Å². The van der Waals surface area contributed by atoms with E-state index in [1.807, 2.05) is 6.92 Å². The molecule has 0 fully saturated rings. The van der Waals surface area contributed by atoms with Crippen molar-refractivity contribution in [3.63, 3.8) is 0 Å². The number of halogens is 1. The van der Waals surface area contributed by atoms with Crippen LogP contribution in [0.25, 0.3) is 11.4 Å². The Morgan fingerprint density at radius 1 is 1.26 bits per heavy atom. The van der Waals surface area contributed by atoms with Crippen LogP contribution < -0.4 is 10.1 Å². The zero-order chi connectivity index (χ0) is 19.2. The van der Waals surface area contributed by atoms with Crippen LogP contribution in [-0.2, 0) is 6.54 Å². The molecule has 0 atom stereocenters. The molecule has 27 heavy (non-hydrogen) atoms. The molecule has 2 aromatic carbocycles. The molecule has 0 bridgehead atoms. The van der Waals surface area contributed by atoms with Crippen molar-refractivity contribution in [2.45, 2.75) is 13.5 Å². The molecule has 6 nitrogen and oxygen atoms in total. The fraction of sp³-hybridized carbons (Fsp3) is 0.150. The van der Waals surface area contributed by atoms with Crippen molar-refractivity contribution >= 4 is 17.5 Å². The molecular weight excluding hydrogens is 366 g/mol. The van der Waals surface area contributed by atoms with Gasteiger partial charge in [0.2, 0.25) is 11.7 Å². The molecule has 0 radical (unpaired) electrons. The Hall–Kier alpha value is -3.12.